The fourth-order valence-corrected chi connectivity index (χ4v) is 10.3. The lowest BCUT2D eigenvalue weighted by Gasteiger charge is -2.29. The van der Waals surface area contributed by atoms with Gasteiger partial charge in [0.2, 0.25) is 5.91 Å². The van der Waals surface area contributed by atoms with Crippen LogP contribution in [0.2, 0.25) is 0 Å². The van der Waals surface area contributed by atoms with Crippen LogP contribution < -0.4 is 15.4 Å². The zero-order valence-electron chi connectivity index (χ0n) is 37.2. The molecule has 0 spiro atoms. The number of aromatic nitrogens is 2. The number of rotatable bonds is 13. The zero-order chi connectivity index (χ0) is 45.4. The Bertz CT molecular complexity index is 2660. The van der Waals surface area contributed by atoms with Gasteiger partial charge in [0.25, 0.3) is 0 Å². The molecule has 4 aromatic carbocycles. The van der Waals surface area contributed by atoms with Crippen molar-refractivity contribution in [2.75, 3.05) is 41.6 Å². The monoisotopic (exact) mass is 882 g/mol. The van der Waals surface area contributed by atoms with E-state index in [2.05, 4.69) is 58.1 Å². The Morgan fingerprint density at radius 1 is 0.923 bits per heavy atom. The van der Waals surface area contributed by atoms with E-state index in [1.807, 2.05) is 41.4 Å². The normalized spacial score (nSPS) is 21.0. The van der Waals surface area contributed by atoms with Crippen LogP contribution in [-0.2, 0) is 41.6 Å². The average Bonchev–Trinajstić information content (AvgIpc) is 4.18. The number of nitrogens with zero attached hydrogens (tertiary/aromatic N) is 3. The second kappa shape index (κ2) is 18.5. The van der Waals surface area contributed by atoms with Gasteiger partial charge in [-0.25, -0.2) is 14.6 Å². The van der Waals surface area contributed by atoms with Gasteiger partial charge in [0, 0.05) is 56.9 Å². The number of fused-ring (bicyclic) bond motifs is 6. The molecule has 4 heterocycles. The molecule has 1 unspecified atom stereocenters. The molecule has 1 saturated carbocycles. The number of likely N-dealkylation sites (tertiary alicyclic amines) is 1. The number of methoxy groups -OCH3 is 4. The van der Waals surface area contributed by atoms with Crippen molar-refractivity contribution in [3.63, 3.8) is 0 Å². The maximum absolute atomic E-state index is 14.2. The molecule has 65 heavy (non-hydrogen) atoms. The molecule has 9 rings (SSSR count). The third-order valence-electron chi connectivity index (χ3n) is 13.6. The first-order chi connectivity index (χ1) is 31.6. The van der Waals surface area contributed by atoms with Crippen LogP contribution >= 0.6 is 0 Å². The summed E-state index contributed by atoms with van der Waals surface area (Å²) < 4.78 is 27.2. The van der Waals surface area contributed by atoms with Gasteiger partial charge in [-0.1, -0.05) is 48.5 Å². The number of aliphatic imine (C=N–C) groups is 1. The number of carbonyl (C=O) groups is 4. The summed E-state index contributed by atoms with van der Waals surface area (Å²) in [7, 11) is 5.73. The summed E-state index contributed by atoms with van der Waals surface area (Å²) in [5, 5.41) is 7.58. The largest absolute Gasteiger partial charge is 0.488 e. The number of nitrogens with one attached hydrogen (secondary N) is 3. The Morgan fingerprint density at radius 2 is 1.72 bits per heavy atom. The number of H-pyrrole nitrogens is 1. The highest BCUT2D eigenvalue weighted by Crippen LogP contribution is 2.46. The number of ether oxygens (including phenoxy) is 5. The smallest absolute Gasteiger partial charge is 0.407 e. The van der Waals surface area contributed by atoms with Crippen LogP contribution in [-0.4, -0.2) is 104 Å². The van der Waals surface area contributed by atoms with Gasteiger partial charge in [-0.15, -0.1) is 0 Å². The lowest BCUT2D eigenvalue weighted by Crippen LogP contribution is -2.50. The number of hydrogen-bond acceptors (Lipinski definition) is 11. The molecule has 15 heteroatoms. The number of benzene rings is 4. The predicted molar refractivity (Wildman–Crippen MR) is 243 cm³/mol. The molecule has 4 aliphatic rings. The standard InChI is InChI=1S/C50H54N6O9/c1-27(62-3)44(54-49(59)63-4)46(57)37-18-28(25-61-2)19-38(37)47-51-24-41(53-47)31-13-15-33-32(20-31)26-65-43-23-34-30(21-36(33)43)14-16-39-35(34)22-40(52-39)42-12-9-17-56(42)48(58)45(55-50(60)64-5)29-10-7-6-8-11-29/h6-8,10-11,13-16,20-21,23-24,27-28,37-38,42,44-45H,9,12,17-19,22,25-26H2,1-5H3,(H,51,53)(H,54,59)(H,55,60)/t27-,28-,37?,38-,42+,44+,45-/m1/s1. The van der Waals surface area contributed by atoms with Gasteiger partial charge in [0.15, 0.2) is 5.78 Å². The molecule has 5 aromatic rings. The minimum Gasteiger partial charge on any atom is -0.488 e. The summed E-state index contributed by atoms with van der Waals surface area (Å²) in [6.07, 6.45) is 3.41. The molecular weight excluding hydrogens is 829 g/mol. The van der Waals surface area contributed by atoms with Crippen molar-refractivity contribution >= 4 is 46.0 Å². The molecule has 1 saturated heterocycles. The number of hydrogen-bond donors (Lipinski definition) is 3. The summed E-state index contributed by atoms with van der Waals surface area (Å²) in [5.41, 5.74) is 8.53. The average molecular weight is 883 g/mol. The molecule has 0 bridgehead atoms. The van der Waals surface area contributed by atoms with Gasteiger partial charge in [-0.05, 0) is 101 Å². The van der Waals surface area contributed by atoms with E-state index in [-0.39, 0.29) is 29.6 Å². The van der Waals surface area contributed by atoms with E-state index in [9.17, 15) is 19.2 Å². The first-order valence-electron chi connectivity index (χ1n) is 22.2. The second-order valence-electron chi connectivity index (χ2n) is 17.4. The molecule has 15 nitrogen and oxygen atoms in total. The first-order valence-corrected chi connectivity index (χ1v) is 22.2. The van der Waals surface area contributed by atoms with E-state index in [1.165, 1.54) is 21.3 Å². The third-order valence-corrected chi connectivity index (χ3v) is 13.6. The van der Waals surface area contributed by atoms with Gasteiger partial charge in [-0.3, -0.25) is 14.6 Å². The van der Waals surface area contributed by atoms with Crippen LogP contribution in [0.3, 0.4) is 0 Å². The lowest BCUT2D eigenvalue weighted by molar-refractivity contribution is -0.133. The van der Waals surface area contributed by atoms with Gasteiger partial charge in [0.05, 0.1) is 43.9 Å². The summed E-state index contributed by atoms with van der Waals surface area (Å²) in [4.78, 5) is 68.2. The number of aromatic amines is 1. The minimum absolute atomic E-state index is 0.127. The third kappa shape index (κ3) is 8.46. The fourth-order valence-electron chi connectivity index (χ4n) is 10.3. The Kier molecular flexibility index (Phi) is 12.4. The van der Waals surface area contributed by atoms with E-state index in [0.29, 0.717) is 50.4 Å². The van der Waals surface area contributed by atoms with Crippen LogP contribution in [0, 0.1) is 11.8 Å². The minimum atomic E-state index is -0.888. The van der Waals surface area contributed by atoms with Gasteiger partial charge in [-0.2, -0.15) is 0 Å². The fraction of sp³-hybridized carbons (Fsp3) is 0.400. The number of ketones is 1. The summed E-state index contributed by atoms with van der Waals surface area (Å²) in [6.45, 7) is 3.22. The molecule has 7 atom stereocenters. The molecule has 338 valence electrons. The van der Waals surface area contributed by atoms with Crippen LogP contribution in [0.25, 0.3) is 33.2 Å². The van der Waals surface area contributed by atoms with Crippen LogP contribution in [0.1, 0.15) is 67.1 Å². The van der Waals surface area contributed by atoms with E-state index >= 15 is 0 Å². The van der Waals surface area contributed by atoms with E-state index in [4.69, 9.17) is 33.7 Å². The van der Waals surface area contributed by atoms with Crippen LogP contribution in [0.4, 0.5) is 15.3 Å². The molecule has 0 radical (unpaired) electrons. The second-order valence-corrected chi connectivity index (χ2v) is 17.4. The molecule has 2 fully saturated rings. The molecule has 3 N–H and O–H groups in total. The van der Waals surface area contributed by atoms with E-state index in [1.54, 1.807) is 14.0 Å². The number of Topliss-reactive ketones (excluding diaryl/α,β-unsaturated/α-hetero) is 1. The van der Waals surface area contributed by atoms with Crippen molar-refractivity contribution < 1.29 is 42.9 Å². The van der Waals surface area contributed by atoms with Crippen LogP contribution in [0.15, 0.2) is 84.0 Å². The Morgan fingerprint density at radius 3 is 2.49 bits per heavy atom. The van der Waals surface area contributed by atoms with Gasteiger partial charge in [0.1, 0.15) is 30.3 Å². The Balaban J connectivity index is 0.937. The lowest BCUT2D eigenvalue weighted by atomic mass is 9.86. The summed E-state index contributed by atoms with van der Waals surface area (Å²) in [5.74, 6) is 0.697. The zero-order valence-corrected chi connectivity index (χ0v) is 37.2. The molecule has 3 aliphatic heterocycles. The highest BCUT2D eigenvalue weighted by molar-refractivity contribution is 6.06. The molecule has 3 amide bonds. The van der Waals surface area contributed by atoms with Crippen molar-refractivity contribution in [1.82, 2.24) is 25.5 Å². The maximum Gasteiger partial charge on any atom is 0.407 e. The van der Waals surface area contributed by atoms with Gasteiger partial charge >= 0.3 is 12.2 Å². The van der Waals surface area contributed by atoms with Crippen molar-refractivity contribution in [2.45, 2.75) is 75.8 Å². The predicted octanol–water partition coefficient (Wildman–Crippen LogP) is 7.59. The highest BCUT2D eigenvalue weighted by atomic mass is 16.5. The number of amides is 3. The maximum atomic E-state index is 14.2. The summed E-state index contributed by atoms with van der Waals surface area (Å²) >= 11 is 0. The number of alkyl carbamates (subject to hydrolysis) is 2. The number of carbonyl (C=O) groups excluding carboxylic acids is 4. The van der Waals surface area contributed by atoms with Crippen molar-refractivity contribution in [1.29, 1.82) is 0 Å². The molecule has 1 aromatic heterocycles. The molecular formula is C50H54N6O9. The topological polar surface area (TPSA) is 183 Å². The van der Waals surface area contributed by atoms with Gasteiger partial charge < -0.3 is 44.2 Å². The van der Waals surface area contributed by atoms with E-state index < -0.39 is 36.3 Å². The summed E-state index contributed by atoms with van der Waals surface area (Å²) in [6, 6.07) is 22.1. The molecule has 1 aliphatic carbocycles. The Hall–Kier alpha value is -6.58. The van der Waals surface area contributed by atoms with E-state index in [0.717, 1.165) is 74.3 Å². The number of imidazole rings is 1. The highest BCUT2D eigenvalue weighted by Gasteiger charge is 2.45. The quantitative estimate of drug-likeness (QED) is 0.107. The SMILES string of the molecule is COC[C@@H]1CC(C(=O)[C@@H](NC(=O)OC)[C@@H](C)OC)[C@H](c2ncc(-c3ccc4c(c3)COc3cc5c6c(ccc5cc3-4)N=C([C@@H]3CCCN3C(=O)[C@H](NC(=O)OC)c3ccccc3)C6)[nH]2)C1. The van der Waals surface area contributed by atoms with Crippen molar-refractivity contribution in [2.24, 2.45) is 16.8 Å². The Labute approximate surface area is 377 Å². The van der Waals surface area contributed by atoms with Crippen molar-refractivity contribution in [3.05, 3.63) is 102 Å². The first kappa shape index (κ1) is 43.7. The van der Waals surface area contributed by atoms with Crippen LogP contribution in [0.5, 0.6) is 5.75 Å². The van der Waals surface area contributed by atoms with Crippen molar-refractivity contribution in [3.8, 4) is 28.1 Å².